The molecule has 0 aromatic heterocycles. The van der Waals surface area contributed by atoms with E-state index in [4.69, 9.17) is 11.6 Å². The quantitative estimate of drug-likeness (QED) is 0.367. The fourth-order valence-corrected chi connectivity index (χ4v) is 4.10. The Morgan fingerprint density at radius 1 is 1.14 bits per heavy atom. The van der Waals surface area contributed by atoms with Gasteiger partial charge in [0.15, 0.2) is 5.78 Å². The number of hydrogen-bond acceptors (Lipinski definition) is 5. The zero-order valence-electron chi connectivity index (χ0n) is 15.5. The molecule has 0 atom stereocenters. The summed E-state index contributed by atoms with van der Waals surface area (Å²) in [5.41, 5.74) is 0.659. The summed E-state index contributed by atoms with van der Waals surface area (Å²) >= 11 is 7.39. The number of anilines is 1. The molecule has 28 heavy (non-hydrogen) atoms. The molecule has 0 aliphatic heterocycles. The molecule has 0 saturated heterocycles. The second-order valence-electron chi connectivity index (χ2n) is 6.03. The standard InChI is InChI=1S/C19H21ClN2O4S2/c1-14(23)15-4-3-5-17(12-15)22(28(2,25)26)13-19(24)21-10-11-27-18-8-6-16(20)7-9-18/h3-9,12H,10-11,13H2,1-2H3,(H,21,24). The zero-order chi connectivity index (χ0) is 20.7. The lowest BCUT2D eigenvalue weighted by atomic mass is 10.1. The van der Waals surface area contributed by atoms with E-state index in [0.717, 1.165) is 15.5 Å². The Bertz CT molecular complexity index is 947. The molecule has 1 amide bonds. The Labute approximate surface area is 174 Å². The maximum atomic E-state index is 12.2. The van der Waals surface area contributed by atoms with Gasteiger partial charge in [-0.25, -0.2) is 8.42 Å². The van der Waals surface area contributed by atoms with Crippen LogP contribution in [0.5, 0.6) is 0 Å². The van der Waals surface area contributed by atoms with Crippen LogP contribution >= 0.6 is 23.4 Å². The molecule has 0 radical (unpaired) electrons. The van der Waals surface area contributed by atoms with E-state index >= 15 is 0 Å². The minimum absolute atomic E-state index is 0.182. The SMILES string of the molecule is CC(=O)c1cccc(N(CC(=O)NCCSc2ccc(Cl)cc2)S(C)(=O)=O)c1. The number of sulfonamides is 1. The Balaban J connectivity index is 1.95. The number of amides is 1. The zero-order valence-corrected chi connectivity index (χ0v) is 17.9. The third kappa shape index (κ3) is 6.85. The van der Waals surface area contributed by atoms with E-state index in [-0.39, 0.29) is 18.0 Å². The number of benzene rings is 2. The topological polar surface area (TPSA) is 83.6 Å². The van der Waals surface area contributed by atoms with Gasteiger partial charge in [-0.05, 0) is 43.3 Å². The number of hydrogen-bond donors (Lipinski definition) is 1. The fourth-order valence-electron chi connectivity index (χ4n) is 2.36. The largest absolute Gasteiger partial charge is 0.354 e. The molecule has 2 aromatic rings. The van der Waals surface area contributed by atoms with E-state index < -0.39 is 15.9 Å². The molecule has 6 nitrogen and oxygen atoms in total. The lowest BCUT2D eigenvalue weighted by Crippen LogP contribution is -2.41. The third-order valence-corrected chi connectivity index (χ3v) is 6.14. The number of Topliss-reactive ketones (excluding diaryl/α,β-unsaturated/α-hetero) is 1. The molecule has 0 spiro atoms. The van der Waals surface area contributed by atoms with Crippen molar-refractivity contribution in [1.82, 2.24) is 5.32 Å². The van der Waals surface area contributed by atoms with Crippen molar-refractivity contribution in [2.45, 2.75) is 11.8 Å². The predicted octanol–water partition coefficient (Wildman–Crippen LogP) is 3.22. The molecule has 0 bridgehead atoms. The van der Waals surface area contributed by atoms with Crippen molar-refractivity contribution in [2.75, 3.05) is 29.4 Å². The summed E-state index contributed by atoms with van der Waals surface area (Å²) < 4.78 is 25.3. The highest BCUT2D eigenvalue weighted by Crippen LogP contribution is 2.20. The number of halogens is 1. The molecular formula is C19H21ClN2O4S2. The molecule has 2 rings (SSSR count). The number of carbonyl (C=O) groups excluding carboxylic acids is 2. The summed E-state index contributed by atoms with van der Waals surface area (Å²) in [5.74, 6) is 0.0286. The first-order valence-electron chi connectivity index (χ1n) is 8.40. The first-order valence-corrected chi connectivity index (χ1v) is 11.6. The summed E-state index contributed by atoms with van der Waals surface area (Å²) in [4.78, 5) is 24.8. The van der Waals surface area contributed by atoms with Crippen LogP contribution in [-0.2, 0) is 14.8 Å². The molecule has 9 heteroatoms. The van der Waals surface area contributed by atoms with Crippen molar-refractivity contribution in [3.05, 3.63) is 59.1 Å². The van der Waals surface area contributed by atoms with Crippen molar-refractivity contribution in [3.8, 4) is 0 Å². The maximum absolute atomic E-state index is 12.2. The number of rotatable bonds is 9. The monoisotopic (exact) mass is 440 g/mol. The van der Waals surface area contributed by atoms with Crippen molar-refractivity contribution in [1.29, 1.82) is 0 Å². The van der Waals surface area contributed by atoms with Crippen LogP contribution in [0.1, 0.15) is 17.3 Å². The van der Waals surface area contributed by atoms with Gasteiger partial charge in [-0.15, -0.1) is 11.8 Å². The van der Waals surface area contributed by atoms with Gasteiger partial charge < -0.3 is 5.32 Å². The number of nitrogens with zero attached hydrogens (tertiary/aromatic N) is 1. The number of carbonyl (C=O) groups is 2. The normalized spacial score (nSPS) is 11.1. The van der Waals surface area contributed by atoms with Gasteiger partial charge in [0, 0.05) is 27.8 Å². The molecule has 0 aliphatic carbocycles. The predicted molar refractivity (Wildman–Crippen MR) is 114 cm³/mol. The van der Waals surface area contributed by atoms with Crippen molar-refractivity contribution < 1.29 is 18.0 Å². The van der Waals surface area contributed by atoms with E-state index in [1.54, 1.807) is 42.1 Å². The van der Waals surface area contributed by atoms with Crippen LogP contribution in [0.3, 0.4) is 0 Å². The smallest absolute Gasteiger partial charge is 0.240 e. The highest BCUT2D eigenvalue weighted by Gasteiger charge is 2.21. The van der Waals surface area contributed by atoms with Crippen molar-refractivity contribution >= 4 is 50.8 Å². The Hall–Kier alpha value is -2.03. The molecule has 0 heterocycles. The van der Waals surface area contributed by atoms with E-state index in [1.807, 2.05) is 12.1 Å². The van der Waals surface area contributed by atoms with Crippen LogP contribution in [0.2, 0.25) is 5.02 Å². The lowest BCUT2D eigenvalue weighted by Gasteiger charge is -2.22. The third-order valence-electron chi connectivity index (χ3n) is 3.73. The summed E-state index contributed by atoms with van der Waals surface area (Å²) in [6.07, 6.45) is 1.02. The summed E-state index contributed by atoms with van der Waals surface area (Å²) in [6, 6.07) is 13.6. The molecule has 2 aromatic carbocycles. The first-order chi connectivity index (χ1) is 13.2. The van der Waals surface area contributed by atoms with E-state index in [9.17, 15) is 18.0 Å². The Kier molecular flexibility index (Phi) is 7.91. The fraction of sp³-hybridized carbons (Fsp3) is 0.263. The average molecular weight is 441 g/mol. The second kappa shape index (κ2) is 9.95. The molecule has 150 valence electrons. The van der Waals surface area contributed by atoms with Crippen molar-refractivity contribution in [2.24, 2.45) is 0 Å². The van der Waals surface area contributed by atoms with E-state index in [1.165, 1.54) is 13.0 Å². The van der Waals surface area contributed by atoms with Gasteiger partial charge in [-0.1, -0.05) is 23.7 Å². The number of ketones is 1. The highest BCUT2D eigenvalue weighted by molar-refractivity contribution is 7.99. The van der Waals surface area contributed by atoms with Gasteiger partial charge in [0.05, 0.1) is 11.9 Å². The van der Waals surface area contributed by atoms with Gasteiger partial charge in [-0.2, -0.15) is 0 Å². The second-order valence-corrected chi connectivity index (χ2v) is 9.54. The van der Waals surface area contributed by atoms with Gasteiger partial charge in [0.1, 0.15) is 6.54 Å². The average Bonchev–Trinajstić information content (AvgIpc) is 2.64. The minimum Gasteiger partial charge on any atom is -0.354 e. The van der Waals surface area contributed by atoms with Crippen LogP contribution in [-0.4, -0.2) is 45.2 Å². The number of nitrogens with one attached hydrogen (secondary N) is 1. The van der Waals surface area contributed by atoms with E-state index in [2.05, 4.69) is 5.32 Å². The first kappa shape index (κ1) is 22.3. The highest BCUT2D eigenvalue weighted by atomic mass is 35.5. The van der Waals surface area contributed by atoms with Gasteiger partial charge in [0.25, 0.3) is 0 Å². The molecule has 0 aliphatic rings. The van der Waals surface area contributed by atoms with Crippen LogP contribution in [0.25, 0.3) is 0 Å². The van der Waals surface area contributed by atoms with Gasteiger partial charge in [0.2, 0.25) is 15.9 Å². The van der Waals surface area contributed by atoms with Crippen molar-refractivity contribution in [3.63, 3.8) is 0 Å². The molecule has 0 fully saturated rings. The van der Waals surface area contributed by atoms with Crippen LogP contribution in [0, 0.1) is 0 Å². The summed E-state index contributed by atoms with van der Waals surface area (Å²) in [6.45, 7) is 1.43. The molecule has 0 unspecified atom stereocenters. The van der Waals surface area contributed by atoms with Crippen LogP contribution < -0.4 is 9.62 Å². The van der Waals surface area contributed by atoms with Gasteiger partial charge in [-0.3, -0.25) is 13.9 Å². The molecular weight excluding hydrogens is 420 g/mol. The number of thioether (sulfide) groups is 1. The summed E-state index contributed by atoms with van der Waals surface area (Å²) in [7, 11) is -3.69. The molecule has 1 N–H and O–H groups in total. The Morgan fingerprint density at radius 2 is 1.82 bits per heavy atom. The maximum Gasteiger partial charge on any atom is 0.240 e. The minimum atomic E-state index is -3.69. The Morgan fingerprint density at radius 3 is 2.43 bits per heavy atom. The lowest BCUT2D eigenvalue weighted by molar-refractivity contribution is -0.119. The summed E-state index contributed by atoms with van der Waals surface area (Å²) in [5, 5.41) is 3.37. The van der Waals surface area contributed by atoms with Crippen LogP contribution in [0.15, 0.2) is 53.4 Å². The van der Waals surface area contributed by atoms with Gasteiger partial charge >= 0.3 is 0 Å². The molecule has 0 saturated carbocycles. The van der Waals surface area contributed by atoms with E-state index in [0.29, 0.717) is 22.9 Å². The van der Waals surface area contributed by atoms with Crippen LogP contribution in [0.4, 0.5) is 5.69 Å².